The average Bonchev–Trinajstić information content (AvgIpc) is 3.57. The van der Waals surface area contributed by atoms with Crippen LogP contribution in [0.2, 0.25) is 0 Å². The van der Waals surface area contributed by atoms with Gasteiger partial charge in [-0.15, -0.1) is 0 Å². The molecule has 3 rings (SSSR count). The first-order valence-electron chi connectivity index (χ1n) is 9.53. The first-order chi connectivity index (χ1) is 14.0. The lowest BCUT2D eigenvalue weighted by atomic mass is 10.2. The molecule has 0 atom stereocenters. The number of rotatable bonds is 8. The van der Waals surface area contributed by atoms with Crippen LogP contribution in [0.25, 0.3) is 0 Å². The van der Waals surface area contributed by atoms with Gasteiger partial charge in [0, 0.05) is 42.9 Å². The fourth-order valence-electron chi connectivity index (χ4n) is 2.64. The zero-order valence-electron chi connectivity index (χ0n) is 16.1. The molecule has 0 aliphatic heterocycles. The monoisotopic (exact) mass is 397 g/mol. The summed E-state index contributed by atoms with van der Waals surface area (Å²) in [5.74, 6) is -0.565. The predicted molar refractivity (Wildman–Crippen MR) is 107 cm³/mol. The zero-order valence-corrected chi connectivity index (χ0v) is 16.1. The highest BCUT2D eigenvalue weighted by Crippen LogP contribution is 2.30. The fraction of sp³-hybridized carbons (Fsp3) is 0.350. The second-order valence-corrected chi connectivity index (χ2v) is 6.73. The molecule has 0 spiro atoms. The highest BCUT2D eigenvalue weighted by Gasteiger charge is 2.29. The van der Waals surface area contributed by atoms with Crippen molar-refractivity contribution in [1.29, 1.82) is 0 Å². The summed E-state index contributed by atoms with van der Waals surface area (Å²) >= 11 is 0. The Balaban J connectivity index is 1.43. The molecule has 0 unspecified atom stereocenters. The Morgan fingerprint density at radius 3 is 2.28 bits per heavy atom. The third-order valence-electron chi connectivity index (χ3n) is 4.46. The molecular formula is C20H23N5O4. The van der Waals surface area contributed by atoms with Crippen LogP contribution in [-0.4, -0.2) is 40.6 Å². The summed E-state index contributed by atoms with van der Waals surface area (Å²) in [7, 11) is 0. The summed E-state index contributed by atoms with van der Waals surface area (Å²) in [5.41, 5.74) is 0.986. The Bertz CT molecular complexity index is 964. The van der Waals surface area contributed by atoms with Crippen LogP contribution in [-0.2, 0) is 11.3 Å². The molecule has 3 amide bonds. The van der Waals surface area contributed by atoms with Crippen molar-refractivity contribution in [3.8, 4) is 0 Å². The van der Waals surface area contributed by atoms with E-state index in [-0.39, 0.29) is 42.1 Å². The van der Waals surface area contributed by atoms with Gasteiger partial charge in [0.1, 0.15) is 5.69 Å². The van der Waals surface area contributed by atoms with Gasteiger partial charge in [-0.1, -0.05) is 0 Å². The number of hydrogen-bond donors (Lipinski definition) is 3. The Labute approximate surface area is 167 Å². The molecular weight excluding hydrogens is 374 g/mol. The van der Waals surface area contributed by atoms with E-state index in [0.717, 1.165) is 12.8 Å². The van der Waals surface area contributed by atoms with E-state index in [9.17, 15) is 19.2 Å². The number of aromatic nitrogens is 2. The van der Waals surface area contributed by atoms with Crippen LogP contribution in [0.5, 0.6) is 0 Å². The van der Waals surface area contributed by atoms with Crippen LogP contribution in [0, 0.1) is 5.92 Å². The van der Waals surface area contributed by atoms with Gasteiger partial charge in [-0.05, 0) is 50.1 Å². The zero-order chi connectivity index (χ0) is 20.8. The maximum absolute atomic E-state index is 12.2. The fourth-order valence-corrected chi connectivity index (χ4v) is 2.64. The van der Waals surface area contributed by atoms with Gasteiger partial charge in [0.25, 0.3) is 17.4 Å². The van der Waals surface area contributed by atoms with Gasteiger partial charge in [-0.25, -0.2) is 4.68 Å². The molecule has 2 aromatic rings. The Hall–Kier alpha value is -3.49. The number of benzene rings is 1. The quantitative estimate of drug-likeness (QED) is 0.568. The number of amides is 3. The first kappa shape index (κ1) is 20.2. The van der Waals surface area contributed by atoms with Gasteiger partial charge in [0.05, 0.1) is 0 Å². The maximum atomic E-state index is 12.2. The number of nitrogens with zero attached hydrogens (tertiary/aromatic N) is 2. The summed E-state index contributed by atoms with van der Waals surface area (Å²) in [6.45, 7) is 2.59. The molecule has 9 nitrogen and oxygen atoms in total. The molecule has 1 aliphatic carbocycles. The van der Waals surface area contributed by atoms with Gasteiger partial charge in [-0.3, -0.25) is 19.2 Å². The molecule has 1 aromatic heterocycles. The van der Waals surface area contributed by atoms with Crippen LogP contribution in [0.15, 0.2) is 41.2 Å². The SMILES string of the molecule is CCn1nc(C(=O)NCCNC(=O)c2ccc(NC(=O)C3CC3)cc2)ccc1=O. The number of aryl methyl sites for hydroxylation is 1. The molecule has 1 aromatic carbocycles. The highest BCUT2D eigenvalue weighted by atomic mass is 16.2. The number of carbonyl (C=O) groups is 3. The van der Waals surface area contributed by atoms with Gasteiger partial charge < -0.3 is 16.0 Å². The molecule has 1 saturated carbocycles. The Morgan fingerprint density at radius 2 is 1.66 bits per heavy atom. The van der Waals surface area contributed by atoms with Crippen molar-refractivity contribution >= 4 is 23.4 Å². The van der Waals surface area contributed by atoms with Crippen molar-refractivity contribution in [2.24, 2.45) is 5.92 Å². The van der Waals surface area contributed by atoms with Crippen molar-refractivity contribution < 1.29 is 14.4 Å². The molecule has 152 valence electrons. The minimum atomic E-state index is -0.419. The molecule has 0 radical (unpaired) electrons. The second kappa shape index (κ2) is 9.13. The third kappa shape index (κ3) is 5.50. The topological polar surface area (TPSA) is 122 Å². The largest absolute Gasteiger partial charge is 0.350 e. The van der Waals surface area contributed by atoms with E-state index in [0.29, 0.717) is 17.8 Å². The lowest BCUT2D eigenvalue weighted by Gasteiger charge is -2.09. The molecule has 0 saturated heterocycles. The van der Waals surface area contributed by atoms with Crippen LogP contribution >= 0.6 is 0 Å². The van der Waals surface area contributed by atoms with Crippen LogP contribution in [0.1, 0.15) is 40.6 Å². The normalized spacial score (nSPS) is 12.9. The molecule has 0 bridgehead atoms. The van der Waals surface area contributed by atoms with Gasteiger partial charge in [0.15, 0.2) is 0 Å². The molecule has 1 heterocycles. The third-order valence-corrected chi connectivity index (χ3v) is 4.46. The van der Waals surface area contributed by atoms with Crippen molar-refractivity contribution in [2.75, 3.05) is 18.4 Å². The van der Waals surface area contributed by atoms with E-state index in [1.165, 1.54) is 16.8 Å². The average molecular weight is 397 g/mol. The first-order valence-corrected chi connectivity index (χ1v) is 9.53. The van der Waals surface area contributed by atoms with Gasteiger partial charge in [-0.2, -0.15) is 5.10 Å². The van der Waals surface area contributed by atoms with E-state index in [1.807, 2.05) is 0 Å². The summed E-state index contributed by atoms with van der Waals surface area (Å²) in [4.78, 5) is 47.5. The number of hydrogen-bond acceptors (Lipinski definition) is 5. The molecule has 1 fully saturated rings. The lowest BCUT2D eigenvalue weighted by molar-refractivity contribution is -0.117. The van der Waals surface area contributed by atoms with E-state index < -0.39 is 5.91 Å². The summed E-state index contributed by atoms with van der Waals surface area (Å²) in [6.07, 6.45) is 1.86. The highest BCUT2D eigenvalue weighted by molar-refractivity contribution is 5.97. The number of carbonyl (C=O) groups excluding carboxylic acids is 3. The van der Waals surface area contributed by atoms with Crippen molar-refractivity contribution in [2.45, 2.75) is 26.3 Å². The lowest BCUT2D eigenvalue weighted by Crippen LogP contribution is -2.36. The summed E-state index contributed by atoms with van der Waals surface area (Å²) < 4.78 is 1.20. The van der Waals surface area contributed by atoms with E-state index >= 15 is 0 Å². The van der Waals surface area contributed by atoms with Gasteiger partial charge in [0.2, 0.25) is 5.91 Å². The van der Waals surface area contributed by atoms with Crippen LogP contribution < -0.4 is 21.5 Å². The number of nitrogens with one attached hydrogen (secondary N) is 3. The van der Waals surface area contributed by atoms with E-state index in [4.69, 9.17) is 0 Å². The predicted octanol–water partition coefficient (Wildman–Crippen LogP) is 0.772. The van der Waals surface area contributed by atoms with E-state index in [1.54, 1.807) is 31.2 Å². The van der Waals surface area contributed by atoms with Crippen LogP contribution in [0.3, 0.4) is 0 Å². The van der Waals surface area contributed by atoms with E-state index in [2.05, 4.69) is 21.0 Å². The second-order valence-electron chi connectivity index (χ2n) is 6.73. The Kier molecular flexibility index (Phi) is 6.38. The minimum absolute atomic E-state index is 0.0155. The summed E-state index contributed by atoms with van der Waals surface area (Å²) in [6, 6.07) is 9.30. The minimum Gasteiger partial charge on any atom is -0.350 e. The Morgan fingerprint density at radius 1 is 1.00 bits per heavy atom. The van der Waals surface area contributed by atoms with Gasteiger partial charge >= 0.3 is 0 Å². The van der Waals surface area contributed by atoms with Crippen molar-refractivity contribution in [3.05, 3.63) is 58.0 Å². The maximum Gasteiger partial charge on any atom is 0.271 e. The van der Waals surface area contributed by atoms with Crippen molar-refractivity contribution in [1.82, 2.24) is 20.4 Å². The van der Waals surface area contributed by atoms with Crippen molar-refractivity contribution in [3.63, 3.8) is 0 Å². The standard InChI is InChI=1S/C20H23N5O4/c1-2-25-17(26)10-9-16(24-25)20(29)22-12-11-21-18(27)13-5-7-15(8-6-13)23-19(28)14-3-4-14/h5-10,14H,2-4,11-12H2,1H3,(H,21,27)(H,22,29)(H,23,28). The molecule has 1 aliphatic rings. The molecule has 9 heteroatoms. The van der Waals surface area contributed by atoms with Crippen LogP contribution in [0.4, 0.5) is 5.69 Å². The number of anilines is 1. The molecule has 3 N–H and O–H groups in total. The summed E-state index contributed by atoms with van der Waals surface area (Å²) in [5, 5.41) is 12.1. The molecule has 29 heavy (non-hydrogen) atoms. The smallest absolute Gasteiger partial charge is 0.271 e.